The van der Waals surface area contributed by atoms with Crippen molar-refractivity contribution < 1.29 is 9.53 Å². The molecule has 0 aromatic carbocycles. The van der Waals surface area contributed by atoms with E-state index in [9.17, 15) is 4.79 Å². The molecule has 2 nitrogen and oxygen atoms in total. The second-order valence-electron chi connectivity index (χ2n) is 3.38. The lowest BCUT2D eigenvalue weighted by Crippen LogP contribution is -2.14. The predicted octanol–water partition coefficient (Wildman–Crippen LogP) is 1.82. The van der Waals surface area contributed by atoms with Gasteiger partial charge in [-0.05, 0) is 26.3 Å². The summed E-state index contributed by atoms with van der Waals surface area (Å²) in [5, 5.41) is 0. The van der Waals surface area contributed by atoms with Crippen LogP contribution in [0.25, 0.3) is 0 Å². The minimum atomic E-state index is 0.142. The molecular formula is C10H12O2. The first kappa shape index (κ1) is 7.59. The van der Waals surface area contributed by atoms with E-state index in [1.807, 2.05) is 13.0 Å². The second kappa shape index (κ2) is 2.47. The zero-order chi connectivity index (χ0) is 8.72. The lowest BCUT2D eigenvalue weighted by molar-refractivity contribution is -0.114. The van der Waals surface area contributed by atoms with Crippen molar-refractivity contribution in [3.05, 3.63) is 23.5 Å². The minimum Gasteiger partial charge on any atom is -0.490 e. The number of fused-ring (bicyclic) bond motifs is 1. The summed E-state index contributed by atoms with van der Waals surface area (Å²) in [5.41, 5.74) is 0.894. The van der Waals surface area contributed by atoms with Gasteiger partial charge in [0.15, 0.2) is 5.78 Å². The highest BCUT2D eigenvalue weighted by Crippen LogP contribution is 2.38. The lowest BCUT2D eigenvalue weighted by atomic mass is 9.93. The van der Waals surface area contributed by atoms with Crippen molar-refractivity contribution in [1.29, 1.82) is 0 Å². The molecule has 12 heavy (non-hydrogen) atoms. The predicted molar refractivity (Wildman–Crippen MR) is 45.5 cm³/mol. The summed E-state index contributed by atoms with van der Waals surface area (Å²) in [6.45, 7) is 3.49. The molecule has 1 aliphatic heterocycles. The average molecular weight is 164 g/mol. The third-order valence-corrected chi connectivity index (χ3v) is 2.55. The average Bonchev–Trinajstić information content (AvgIpc) is 2.44. The van der Waals surface area contributed by atoms with Crippen LogP contribution in [0.2, 0.25) is 0 Å². The van der Waals surface area contributed by atoms with E-state index in [1.54, 1.807) is 6.92 Å². The Labute approximate surface area is 71.9 Å². The number of carbonyl (C=O) groups is 1. The Balaban J connectivity index is 2.31. The number of hydrogen-bond donors (Lipinski definition) is 0. The maximum Gasteiger partial charge on any atom is 0.159 e. The molecule has 0 radical (unpaired) electrons. The molecule has 0 bridgehead atoms. The maximum absolute atomic E-state index is 11.2. The first-order chi connectivity index (χ1) is 5.70. The van der Waals surface area contributed by atoms with Crippen LogP contribution < -0.4 is 0 Å². The van der Waals surface area contributed by atoms with Crippen molar-refractivity contribution in [3.63, 3.8) is 0 Å². The second-order valence-corrected chi connectivity index (χ2v) is 3.38. The molecule has 0 amide bonds. The van der Waals surface area contributed by atoms with Crippen LogP contribution in [-0.2, 0) is 9.53 Å². The van der Waals surface area contributed by atoms with Crippen LogP contribution in [0.1, 0.15) is 20.3 Å². The Morgan fingerprint density at radius 3 is 3.08 bits per heavy atom. The SMILES string of the molecule is CC(=O)C1=C(C)OC2C=CCC12. The van der Waals surface area contributed by atoms with Gasteiger partial charge in [-0.15, -0.1) is 0 Å². The van der Waals surface area contributed by atoms with Crippen LogP contribution >= 0.6 is 0 Å². The lowest BCUT2D eigenvalue weighted by Gasteiger charge is -2.09. The molecule has 2 atom stereocenters. The molecule has 0 saturated heterocycles. The summed E-state index contributed by atoms with van der Waals surface area (Å²) in [4.78, 5) is 11.2. The first-order valence-corrected chi connectivity index (χ1v) is 4.25. The summed E-state index contributed by atoms with van der Waals surface area (Å²) in [5.74, 6) is 1.29. The van der Waals surface area contributed by atoms with Crippen LogP contribution in [0, 0.1) is 5.92 Å². The smallest absolute Gasteiger partial charge is 0.159 e. The fraction of sp³-hybridized carbons (Fsp3) is 0.500. The first-order valence-electron chi connectivity index (χ1n) is 4.25. The fourth-order valence-electron chi connectivity index (χ4n) is 2.07. The van der Waals surface area contributed by atoms with Gasteiger partial charge in [0, 0.05) is 11.5 Å². The van der Waals surface area contributed by atoms with E-state index in [-0.39, 0.29) is 11.9 Å². The summed E-state index contributed by atoms with van der Waals surface area (Å²) < 4.78 is 5.53. The van der Waals surface area contributed by atoms with Crippen LogP contribution in [0.15, 0.2) is 23.5 Å². The Bertz CT molecular complexity index is 286. The highest BCUT2D eigenvalue weighted by atomic mass is 16.5. The molecule has 0 aromatic heterocycles. The third kappa shape index (κ3) is 0.909. The zero-order valence-corrected chi connectivity index (χ0v) is 7.33. The van der Waals surface area contributed by atoms with E-state index >= 15 is 0 Å². The van der Waals surface area contributed by atoms with Gasteiger partial charge in [-0.1, -0.05) is 6.08 Å². The summed E-state index contributed by atoms with van der Waals surface area (Å²) in [6.07, 6.45) is 5.23. The molecule has 2 rings (SSSR count). The Morgan fingerprint density at radius 1 is 1.67 bits per heavy atom. The van der Waals surface area contributed by atoms with Crippen molar-refractivity contribution in [3.8, 4) is 0 Å². The summed E-state index contributed by atoms with van der Waals surface area (Å²) >= 11 is 0. The molecule has 0 aromatic rings. The van der Waals surface area contributed by atoms with E-state index < -0.39 is 0 Å². The van der Waals surface area contributed by atoms with Crippen LogP contribution in [-0.4, -0.2) is 11.9 Å². The summed E-state index contributed by atoms with van der Waals surface area (Å²) in [6, 6.07) is 0. The molecule has 1 aliphatic carbocycles. The minimum absolute atomic E-state index is 0.142. The van der Waals surface area contributed by atoms with Crippen LogP contribution in [0.4, 0.5) is 0 Å². The zero-order valence-electron chi connectivity index (χ0n) is 7.33. The molecule has 2 unspecified atom stereocenters. The Hall–Kier alpha value is -1.05. The van der Waals surface area contributed by atoms with Gasteiger partial charge >= 0.3 is 0 Å². The normalized spacial score (nSPS) is 32.2. The van der Waals surface area contributed by atoms with Gasteiger partial charge < -0.3 is 4.74 Å². The van der Waals surface area contributed by atoms with Gasteiger partial charge in [0.25, 0.3) is 0 Å². The highest BCUT2D eigenvalue weighted by molar-refractivity contribution is 5.95. The number of allylic oxidation sites excluding steroid dienone is 2. The van der Waals surface area contributed by atoms with Gasteiger partial charge in [0.1, 0.15) is 11.9 Å². The van der Waals surface area contributed by atoms with Crippen molar-refractivity contribution in [2.75, 3.05) is 0 Å². The number of ether oxygens (including phenoxy) is 1. The molecule has 0 saturated carbocycles. The van der Waals surface area contributed by atoms with Crippen molar-refractivity contribution in [2.45, 2.75) is 26.4 Å². The number of rotatable bonds is 1. The molecule has 2 aliphatic rings. The van der Waals surface area contributed by atoms with Crippen molar-refractivity contribution in [2.24, 2.45) is 5.92 Å². The number of hydrogen-bond acceptors (Lipinski definition) is 2. The molecular weight excluding hydrogens is 152 g/mol. The van der Waals surface area contributed by atoms with E-state index in [0.717, 1.165) is 17.8 Å². The maximum atomic E-state index is 11.2. The number of Topliss-reactive ketones (excluding diaryl/α,β-unsaturated/α-hetero) is 1. The van der Waals surface area contributed by atoms with Crippen LogP contribution in [0.5, 0.6) is 0 Å². The van der Waals surface area contributed by atoms with E-state index in [4.69, 9.17) is 4.74 Å². The number of ketones is 1. The molecule has 0 N–H and O–H groups in total. The Kier molecular flexibility index (Phi) is 1.56. The fourth-order valence-corrected chi connectivity index (χ4v) is 2.07. The summed E-state index contributed by atoms with van der Waals surface area (Å²) in [7, 11) is 0. The monoisotopic (exact) mass is 164 g/mol. The Morgan fingerprint density at radius 2 is 2.42 bits per heavy atom. The largest absolute Gasteiger partial charge is 0.490 e. The topological polar surface area (TPSA) is 26.3 Å². The van der Waals surface area contributed by atoms with Crippen molar-refractivity contribution >= 4 is 5.78 Å². The van der Waals surface area contributed by atoms with E-state index in [0.29, 0.717) is 5.92 Å². The van der Waals surface area contributed by atoms with E-state index in [1.165, 1.54) is 0 Å². The molecule has 1 heterocycles. The standard InChI is InChI=1S/C10H12O2/c1-6(11)10-7(2)12-9-5-3-4-8(9)10/h3,5,8-9H,4H2,1-2H3. The van der Waals surface area contributed by atoms with E-state index in [2.05, 4.69) is 6.08 Å². The quantitative estimate of drug-likeness (QED) is 0.552. The van der Waals surface area contributed by atoms with Gasteiger partial charge in [-0.25, -0.2) is 0 Å². The number of carbonyl (C=O) groups excluding carboxylic acids is 1. The van der Waals surface area contributed by atoms with Gasteiger partial charge in [-0.3, -0.25) is 4.79 Å². The van der Waals surface area contributed by atoms with Gasteiger partial charge in [0.05, 0.1) is 0 Å². The van der Waals surface area contributed by atoms with Crippen LogP contribution in [0.3, 0.4) is 0 Å². The third-order valence-electron chi connectivity index (χ3n) is 2.55. The van der Waals surface area contributed by atoms with Gasteiger partial charge in [0.2, 0.25) is 0 Å². The van der Waals surface area contributed by atoms with Crippen molar-refractivity contribution in [1.82, 2.24) is 0 Å². The molecule has 0 fully saturated rings. The molecule has 2 heteroatoms. The van der Waals surface area contributed by atoms with Gasteiger partial charge in [-0.2, -0.15) is 0 Å². The highest BCUT2D eigenvalue weighted by Gasteiger charge is 2.37. The molecule has 64 valence electrons. The molecule has 0 spiro atoms.